The molecule has 0 aliphatic carbocycles. The second-order valence-corrected chi connectivity index (χ2v) is 7.73. The minimum atomic E-state index is -0.0406. The lowest BCUT2D eigenvalue weighted by Gasteiger charge is -2.15. The summed E-state index contributed by atoms with van der Waals surface area (Å²) >= 11 is 0. The molecule has 0 saturated carbocycles. The van der Waals surface area contributed by atoms with Gasteiger partial charge < -0.3 is 25.2 Å². The number of ether oxygens (including phenoxy) is 1. The number of nitrogens with zero attached hydrogens (tertiary/aromatic N) is 3. The molecular formula is C24H33N5O3. The number of likely N-dealkylation sites (N-methyl/N-ethyl adjacent to an activating group) is 1. The number of carbonyl (C=O) groups excluding carboxylic acids is 2. The summed E-state index contributed by atoms with van der Waals surface area (Å²) in [6.45, 7) is 1.23. The summed E-state index contributed by atoms with van der Waals surface area (Å²) in [4.78, 5) is 31.7. The first-order chi connectivity index (χ1) is 15.3. The average molecular weight is 440 g/mol. The minimum Gasteiger partial charge on any atom is -0.497 e. The van der Waals surface area contributed by atoms with E-state index < -0.39 is 0 Å². The molecule has 8 heteroatoms. The molecule has 172 valence electrons. The van der Waals surface area contributed by atoms with Gasteiger partial charge in [-0.05, 0) is 41.8 Å². The third-order valence-electron chi connectivity index (χ3n) is 4.80. The van der Waals surface area contributed by atoms with E-state index in [0.29, 0.717) is 24.6 Å². The molecule has 0 fully saturated rings. The first-order valence-corrected chi connectivity index (χ1v) is 10.5. The predicted octanol–water partition coefficient (Wildman–Crippen LogP) is 1.76. The molecule has 2 aromatic rings. The number of carbonyl (C=O) groups is 2. The molecule has 0 aromatic heterocycles. The lowest BCUT2D eigenvalue weighted by molar-refractivity contribution is -0.127. The summed E-state index contributed by atoms with van der Waals surface area (Å²) in [6, 6.07) is 15.3. The summed E-state index contributed by atoms with van der Waals surface area (Å²) in [5, 5.41) is 6.37. The van der Waals surface area contributed by atoms with Crippen molar-refractivity contribution in [3.05, 3.63) is 65.2 Å². The summed E-state index contributed by atoms with van der Waals surface area (Å²) in [6.07, 6.45) is 0.799. The standard InChI is InChI=1S/C24H33N5O3/c1-28(2)22(30)17-27-24(25-15-14-18-8-12-21(32-5)13-9-18)26-16-19-6-10-20(11-7-19)23(31)29(3)4/h6-13H,14-17H2,1-5H3,(H2,25,26,27). The molecule has 2 aromatic carbocycles. The number of hydrogen-bond donors (Lipinski definition) is 2. The van der Waals surface area contributed by atoms with Gasteiger partial charge in [-0.2, -0.15) is 0 Å². The van der Waals surface area contributed by atoms with Gasteiger partial charge in [-0.25, -0.2) is 4.99 Å². The van der Waals surface area contributed by atoms with Crippen molar-refractivity contribution >= 4 is 17.8 Å². The second kappa shape index (κ2) is 12.3. The maximum atomic E-state index is 12.0. The van der Waals surface area contributed by atoms with Crippen LogP contribution in [0.1, 0.15) is 21.5 Å². The Labute approximate surface area is 190 Å². The summed E-state index contributed by atoms with van der Waals surface area (Å²) in [5.41, 5.74) is 2.77. The first kappa shape index (κ1) is 24.7. The minimum absolute atomic E-state index is 0.0372. The van der Waals surface area contributed by atoms with E-state index in [9.17, 15) is 9.59 Å². The Balaban J connectivity index is 2.00. The van der Waals surface area contributed by atoms with Crippen LogP contribution >= 0.6 is 0 Å². The molecule has 0 spiro atoms. The van der Waals surface area contributed by atoms with Crippen LogP contribution < -0.4 is 15.4 Å². The monoisotopic (exact) mass is 439 g/mol. The Hall–Kier alpha value is -3.55. The van der Waals surface area contributed by atoms with Crippen LogP contribution in [0.15, 0.2) is 53.5 Å². The first-order valence-electron chi connectivity index (χ1n) is 10.5. The topological polar surface area (TPSA) is 86.3 Å². The van der Waals surface area contributed by atoms with E-state index in [4.69, 9.17) is 4.74 Å². The van der Waals surface area contributed by atoms with Crippen molar-refractivity contribution in [3.63, 3.8) is 0 Å². The van der Waals surface area contributed by atoms with Crippen molar-refractivity contribution in [2.24, 2.45) is 4.99 Å². The molecule has 2 rings (SSSR count). The SMILES string of the molecule is COc1ccc(CCNC(=NCc2ccc(C(=O)N(C)C)cc2)NCC(=O)N(C)C)cc1. The van der Waals surface area contributed by atoms with Gasteiger partial charge in [-0.15, -0.1) is 0 Å². The van der Waals surface area contributed by atoms with E-state index >= 15 is 0 Å². The highest BCUT2D eigenvalue weighted by atomic mass is 16.5. The summed E-state index contributed by atoms with van der Waals surface area (Å²) in [5.74, 6) is 1.30. The molecule has 0 bridgehead atoms. The highest BCUT2D eigenvalue weighted by molar-refractivity contribution is 5.93. The normalized spacial score (nSPS) is 11.0. The highest BCUT2D eigenvalue weighted by Crippen LogP contribution is 2.11. The van der Waals surface area contributed by atoms with Crippen LogP contribution in [-0.2, 0) is 17.8 Å². The van der Waals surface area contributed by atoms with Crippen LogP contribution in [0.4, 0.5) is 0 Å². The Morgan fingerprint density at radius 3 is 2.06 bits per heavy atom. The van der Waals surface area contributed by atoms with Gasteiger partial charge >= 0.3 is 0 Å². The Kier molecular flexibility index (Phi) is 9.53. The molecule has 2 N–H and O–H groups in total. The molecule has 0 saturated heterocycles. The molecule has 0 heterocycles. The van der Waals surface area contributed by atoms with E-state index in [1.165, 1.54) is 10.5 Å². The van der Waals surface area contributed by atoms with Crippen molar-refractivity contribution < 1.29 is 14.3 Å². The van der Waals surface area contributed by atoms with Gasteiger partial charge in [0.25, 0.3) is 5.91 Å². The third kappa shape index (κ3) is 7.94. The lowest BCUT2D eigenvalue weighted by Crippen LogP contribution is -2.43. The molecule has 0 aliphatic heterocycles. The number of aliphatic imine (C=N–C) groups is 1. The van der Waals surface area contributed by atoms with Gasteiger partial charge in [-0.1, -0.05) is 24.3 Å². The van der Waals surface area contributed by atoms with E-state index in [1.54, 1.807) is 52.3 Å². The van der Waals surface area contributed by atoms with E-state index in [-0.39, 0.29) is 18.4 Å². The van der Waals surface area contributed by atoms with Crippen LogP contribution in [-0.4, -0.2) is 76.0 Å². The zero-order valence-electron chi connectivity index (χ0n) is 19.5. The molecule has 0 radical (unpaired) electrons. The molecule has 2 amide bonds. The maximum Gasteiger partial charge on any atom is 0.253 e. The highest BCUT2D eigenvalue weighted by Gasteiger charge is 2.08. The van der Waals surface area contributed by atoms with Crippen LogP contribution in [0, 0.1) is 0 Å². The van der Waals surface area contributed by atoms with Crippen LogP contribution in [0.5, 0.6) is 5.75 Å². The molecular weight excluding hydrogens is 406 g/mol. The molecule has 0 atom stereocenters. The largest absolute Gasteiger partial charge is 0.497 e. The number of hydrogen-bond acceptors (Lipinski definition) is 4. The number of nitrogens with one attached hydrogen (secondary N) is 2. The van der Waals surface area contributed by atoms with Crippen molar-refractivity contribution in [1.82, 2.24) is 20.4 Å². The fourth-order valence-electron chi connectivity index (χ4n) is 2.79. The van der Waals surface area contributed by atoms with Gasteiger partial charge in [0.2, 0.25) is 5.91 Å². The Morgan fingerprint density at radius 1 is 0.875 bits per heavy atom. The summed E-state index contributed by atoms with van der Waals surface area (Å²) in [7, 11) is 8.53. The fraction of sp³-hybridized carbons (Fsp3) is 0.375. The maximum absolute atomic E-state index is 12.0. The van der Waals surface area contributed by atoms with Gasteiger partial charge in [0.1, 0.15) is 5.75 Å². The average Bonchev–Trinajstić information content (AvgIpc) is 2.80. The quantitative estimate of drug-likeness (QED) is 0.459. The van der Waals surface area contributed by atoms with E-state index in [2.05, 4.69) is 15.6 Å². The summed E-state index contributed by atoms with van der Waals surface area (Å²) < 4.78 is 5.19. The predicted molar refractivity (Wildman–Crippen MR) is 127 cm³/mol. The number of methoxy groups -OCH3 is 1. The number of rotatable bonds is 9. The van der Waals surface area contributed by atoms with Gasteiger partial charge in [0.15, 0.2) is 5.96 Å². The zero-order chi connectivity index (χ0) is 23.5. The molecule has 0 aliphatic rings. The van der Waals surface area contributed by atoms with Gasteiger partial charge in [0, 0.05) is 40.3 Å². The third-order valence-corrected chi connectivity index (χ3v) is 4.80. The van der Waals surface area contributed by atoms with Crippen molar-refractivity contribution in [1.29, 1.82) is 0 Å². The number of benzene rings is 2. The zero-order valence-corrected chi connectivity index (χ0v) is 19.5. The van der Waals surface area contributed by atoms with Crippen LogP contribution in [0.2, 0.25) is 0 Å². The van der Waals surface area contributed by atoms with E-state index in [1.807, 2.05) is 36.4 Å². The Bertz CT molecular complexity index is 906. The molecule has 0 unspecified atom stereocenters. The van der Waals surface area contributed by atoms with Crippen LogP contribution in [0.25, 0.3) is 0 Å². The number of guanidine groups is 1. The van der Waals surface area contributed by atoms with Crippen molar-refractivity contribution in [2.45, 2.75) is 13.0 Å². The van der Waals surface area contributed by atoms with Crippen molar-refractivity contribution in [2.75, 3.05) is 48.4 Å². The van der Waals surface area contributed by atoms with Crippen LogP contribution in [0.3, 0.4) is 0 Å². The van der Waals surface area contributed by atoms with Gasteiger partial charge in [-0.3, -0.25) is 9.59 Å². The Morgan fingerprint density at radius 2 is 1.50 bits per heavy atom. The van der Waals surface area contributed by atoms with E-state index in [0.717, 1.165) is 17.7 Å². The smallest absolute Gasteiger partial charge is 0.253 e. The van der Waals surface area contributed by atoms with Crippen molar-refractivity contribution in [3.8, 4) is 5.75 Å². The van der Waals surface area contributed by atoms with Gasteiger partial charge in [0.05, 0.1) is 20.2 Å². The fourth-order valence-corrected chi connectivity index (χ4v) is 2.79. The second-order valence-electron chi connectivity index (χ2n) is 7.73. The molecule has 8 nitrogen and oxygen atoms in total. The number of amides is 2. The molecule has 32 heavy (non-hydrogen) atoms. The lowest BCUT2D eigenvalue weighted by atomic mass is 10.1.